The summed E-state index contributed by atoms with van der Waals surface area (Å²) in [4.78, 5) is 0. The van der Waals surface area contributed by atoms with Crippen LogP contribution in [-0.4, -0.2) is 0 Å². The van der Waals surface area contributed by atoms with Crippen molar-refractivity contribution in [2.75, 3.05) is 0 Å². The third-order valence-corrected chi connectivity index (χ3v) is 19.6. The molecule has 0 amide bonds. The molecule has 9 aromatic carbocycles. The van der Waals surface area contributed by atoms with Gasteiger partial charge in [0.05, 0.1) is 22.3 Å². The first-order valence-corrected chi connectivity index (χ1v) is 33.9. The molecular formula is C93H90N4O4+4. The molecular weight excluding hydrogens is 1240 g/mol. The Kier molecular flexibility index (Phi) is 13.9. The van der Waals surface area contributed by atoms with Gasteiger partial charge in [0.25, 0.3) is 0 Å². The van der Waals surface area contributed by atoms with Gasteiger partial charge in [0.2, 0.25) is 22.8 Å². The molecule has 2 atom stereocenters. The standard InChI is InChI=1S/C26H22NO.2C23H24NO.C21H20NO/c1-17-7-6-8-19(15-17)20-13-14-27(3)23(16-20)25-18(2)11-12-22-21-9-4-5-10-24(21)28-26(22)25;1-14(2)19-12-20(24(5)13-16(19)4)22-15(3)10-11-18-17-8-6-7-9-21(17)25-23(18)22;1-14(2)19-13-24(5)20(12-16(19)4)22-15(3)10-11-18-17-8-6-7-9-21(17)25-23(18)22;1-13-9-10-17-16-7-5-6-8-19(16)23-21(17)20(13)18-11-14(2)15(3)12-22(18)4/h4-16H,1-3H3;2*6-14H,1-5H3;5-12H,1-4H3/q4*+1/i;1D3,4D3,14D;1D3,14D;3D3. The molecule has 0 bridgehead atoms. The summed E-state index contributed by atoms with van der Waals surface area (Å²) < 4.78 is 144. The molecule has 8 nitrogen and oxygen atoms in total. The van der Waals surface area contributed by atoms with Gasteiger partial charge in [-0.2, -0.15) is 0 Å². The topological polar surface area (TPSA) is 68.1 Å². The normalized spacial score (nSPS) is 15.3. The molecule has 0 radical (unpaired) electrons. The van der Waals surface area contributed by atoms with Crippen molar-refractivity contribution in [1.29, 1.82) is 0 Å². The molecule has 0 fully saturated rings. The van der Waals surface area contributed by atoms with Gasteiger partial charge in [-0.05, 0) is 148 Å². The molecule has 2 unspecified atom stereocenters. The van der Waals surface area contributed by atoms with Crippen LogP contribution in [0.25, 0.3) is 144 Å². The van der Waals surface area contributed by atoms with Gasteiger partial charge < -0.3 is 17.7 Å². The predicted octanol–water partition coefficient (Wildman–Crippen LogP) is 23.0. The molecule has 0 saturated heterocycles. The Morgan fingerprint density at radius 3 is 1.09 bits per heavy atom. The number of aromatic nitrogens is 4. The van der Waals surface area contributed by atoms with Crippen LogP contribution in [0.5, 0.6) is 0 Å². The summed E-state index contributed by atoms with van der Waals surface area (Å²) in [5.74, 6) is -3.80. The highest BCUT2D eigenvalue weighted by Crippen LogP contribution is 2.42. The molecule has 101 heavy (non-hydrogen) atoms. The number of benzene rings is 9. The number of hydrogen-bond donors (Lipinski definition) is 0. The second-order valence-corrected chi connectivity index (χ2v) is 26.8. The molecule has 17 aromatic rings. The molecule has 8 aromatic heterocycles. The first-order valence-electron chi connectivity index (χ1n) is 40.9. The Balaban J connectivity index is 0.000000127. The second-order valence-electron chi connectivity index (χ2n) is 26.8. The molecule has 8 heterocycles. The van der Waals surface area contributed by atoms with E-state index < -0.39 is 39.2 Å². The fourth-order valence-corrected chi connectivity index (χ4v) is 14.2. The van der Waals surface area contributed by atoms with E-state index >= 15 is 0 Å². The Labute approximate surface area is 612 Å². The van der Waals surface area contributed by atoms with Crippen LogP contribution in [0.1, 0.15) is 120 Å². The van der Waals surface area contributed by atoms with Crippen LogP contribution in [0.3, 0.4) is 0 Å². The molecule has 0 aliphatic carbocycles. The fourth-order valence-electron chi connectivity index (χ4n) is 14.2. The lowest BCUT2D eigenvalue weighted by molar-refractivity contribution is -0.661. The monoisotopic (exact) mass is 1340 g/mol. The number of hydrogen-bond acceptors (Lipinski definition) is 4. The summed E-state index contributed by atoms with van der Waals surface area (Å²) in [6.45, 7) is 6.88. The third-order valence-electron chi connectivity index (χ3n) is 19.6. The first-order chi connectivity index (χ1) is 54.1. The fraction of sp³-hybridized carbons (Fsp3) is 0.204. The molecule has 0 aliphatic rings. The van der Waals surface area contributed by atoms with Gasteiger partial charge in [-0.25, -0.2) is 18.3 Å². The van der Waals surface area contributed by atoms with E-state index in [0.29, 0.717) is 22.4 Å². The van der Waals surface area contributed by atoms with Crippen LogP contribution in [0.15, 0.2) is 243 Å². The average Bonchev–Trinajstić information content (AvgIpc) is 1.60. The van der Waals surface area contributed by atoms with Gasteiger partial charge in [0.15, 0.2) is 24.8 Å². The minimum absolute atomic E-state index is 0.0434. The highest BCUT2D eigenvalue weighted by atomic mass is 16.3. The Morgan fingerprint density at radius 1 is 0.307 bits per heavy atom. The highest BCUT2D eigenvalue weighted by molar-refractivity contribution is 6.13. The summed E-state index contributed by atoms with van der Waals surface area (Å²) in [6.07, 6.45) is 7.02. The number of para-hydroxylation sites is 4. The lowest BCUT2D eigenvalue weighted by Gasteiger charge is -2.12. The first kappa shape index (κ1) is 51.9. The van der Waals surface area contributed by atoms with E-state index in [-0.39, 0.29) is 11.1 Å². The molecule has 0 aliphatic heterocycles. The number of nitrogens with zero attached hydrogens (tertiary/aromatic N) is 4. The van der Waals surface area contributed by atoms with Crippen LogP contribution < -0.4 is 18.3 Å². The molecule has 0 N–H and O–H groups in total. The number of pyridine rings is 4. The largest absolute Gasteiger partial charge is 0.455 e. The maximum absolute atomic E-state index is 8.63. The summed E-state index contributed by atoms with van der Waals surface area (Å²) in [5, 5.41) is 8.47. The van der Waals surface area contributed by atoms with Gasteiger partial charge in [-0.15, -0.1) is 0 Å². The number of fused-ring (bicyclic) bond motifs is 12. The zero-order valence-electron chi connectivity index (χ0n) is 73.3. The third kappa shape index (κ3) is 12.4. The second kappa shape index (κ2) is 27.1. The highest BCUT2D eigenvalue weighted by Gasteiger charge is 2.27. The molecule has 502 valence electrons. The van der Waals surface area contributed by atoms with Gasteiger partial charge in [0.1, 0.15) is 72.9 Å². The van der Waals surface area contributed by atoms with Gasteiger partial charge in [0, 0.05) is 109 Å². The van der Waals surface area contributed by atoms with Gasteiger partial charge in [-0.3, -0.25) is 0 Å². The zero-order valence-corrected chi connectivity index (χ0v) is 59.3. The minimum Gasteiger partial charge on any atom is -0.455 e. The van der Waals surface area contributed by atoms with Crippen LogP contribution in [0, 0.1) is 62.2 Å². The van der Waals surface area contributed by atoms with E-state index in [1.165, 1.54) is 48.4 Å². The lowest BCUT2D eigenvalue weighted by atomic mass is 9.94. The number of furan rings is 4. The summed E-state index contributed by atoms with van der Waals surface area (Å²) >= 11 is 0. The van der Waals surface area contributed by atoms with Gasteiger partial charge >= 0.3 is 0 Å². The van der Waals surface area contributed by atoms with Crippen LogP contribution >= 0.6 is 0 Å². The van der Waals surface area contributed by atoms with Crippen molar-refractivity contribution in [1.82, 2.24) is 0 Å². The van der Waals surface area contributed by atoms with E-state index in [2.05, 4.69) is 136 Å². The summed E-state index contributed by atoms with van der Waals surface area (Å²) in [7, 11) is 7.57. The van der Waals surface area contributed by atoms with E-state index in [1.54, 1.807) is 24.0 Å². The molecule has 8 heteroatoms. The maximum atomic E-state index is 8.63. The van der Waals surface area contributed by atoms with E-state index in [1.807, 2.05) is 148 Å². The molecule has 0 spiro atoms. The minimum atomic E-state index is -2.72. The van der Waals surface area contributed by atoms with Crippen molar-refractivity contribution >= 4 is 87.8 Å². The van der Waals surface area contributed by atoms with Crippen molar-refractivity contribution in [2.45, 2.75) is 102 Å². The summed E-state index contributed by atoms with van der Waals surface area (Å²) in [6, 6.07) is 67.1. The van der Waals surface area contributed by atoms with Crippen molar-refractivity contribution in [3.8, 4) is 56.2 Å². The van der Waals surface area contributed by atoms with Crippen molar-refractivity contribution < 1.29 is 55.1 Å². The van der Waals surface area contributed by atoms with Crippen LogP contribution in [0.4, 0.5) is 0 Å². The van der Waals surface area contributed by atoms with E-state index in [0.717, 1.165) is 149 Å². The Hall–Kier alpha value is -11.2. The van der Waals surface area contributed by atoms with Crippen LogP contribution in [-0.2, 0) is 28.2 Å². The van der Waals surface area contributed by atoms with E-state index in [4.69, 9.17) is 36.9 Å². The Morgan fingerprint density at radius 2 is 0.673 bits per heavy atom. The molecule has 17 rings (SSSR count). The van der Waals surface area contributed by atoms with Crippen molar-refractivity contribution in [3.05, 3.63) is 286 Å². The lowest BCUT2D eigenvalue weighted by Crippen LogP contribution is -2.32. The number of aryl methyl sites for hydroxylation is 13. The smallest absolute Gasteiger partial charge is 0.216 e. The maximum Gasteiger partial charge on any atom is 0.216 e. The average molecular weight is 1340 g/mol. The van der Waals surface area contributed by atoms with Crippen molar-refractivity contribution in [2.24, 2.45) is 28.2 Å². The molecule has 0 saturated carbocycles. The quantitative estimate of drug-likeness (QED) is 0.149. The van der Waals surface area contributed by atoms with Crippen LogP contribution in [0.2, 0.25) is 0 Å². The number of rotatable bonds is 7. The summed E-state index contributed by atoms with van der Waals surface area (Å²) in [5.41, 5.74) is 24.3. The zero-order chi connectivity index (χ0) is 82.7. The SMILES string of the molecule is Cc1cccc(-c2cc[n+](C)c(-c3c(C)ccc4c3oc3ccccc34)c2)c1.[2H]C([2H])([2H])C([2H])(C)c1c[n+](C)c(-c2c(C)ccc3c2oc2ccccc23)cc1C.[2H]C([2H])([2H])c1c[n+](C)c(-c2c(C)ccc3c2oc2ccccc23)cc1C.[2H]C([2H])([2H])c1c[n+](C)c(-c2c(C)ccc3c2oc2ccccc23)cc1C([2H])(C)C([2H])([2H])[2H]. The van der Waals surface area contributed by atoms with E-state index in [9.17, 15) is 0 Å². The Bertz CT molecular complexity index is 6710. The van der Waals surface area contributed by atoms with Crippen molar-refractivity contribution in [3.63, 3.8) is 0 Å². The predicted molar refractivity (Wildman–Crippen MR) is 418 cm³/mol. The van der Waals surface area contributed by atoms with Gasteiger partial charge in [-0.1, -0.05) is 179 Å².